The molecule has 2 heteroatoms. The Kier molecular flexibility index (Phi) is 2.60. The van der Waals surface area contributed by atoms with E-state index in [-0.39, 0.29) is 0 Å². The Bertz CT molecular complexity index is 115. The third-order valence-corrected chi connectivity index (χ3v) is 1.57. The molecule has 0 heterocycles. The fourth-order valence-corrected chi connectivity index (χ4v) is 0.375. The average Bonchev–Trinajstić information content (AvgIpc) is 1.65. The van der Waals surface area contributed by atoms with Gasteiger partial charge in [-0.15, -0.1) is 0 Å². The van der Waals surface area contributed by atoms with Crippen molar-refractivity contribution >= 4 is 10.7 Å². The van der Waals surface area contributed by atoms with Crippen LogP contribution in [0.5, 0.6) is 0 Å². The first kappa shape index (κ1) is 6.63. The van der Waals surface area contributed by atoms with Gasteiger partial charge in [0.15, 0.2) is 0 Å². The van der Waals surface area contributed by atoms with Crippen LogP contribution in [-0.2, 0) is 10.7 Å². The van der Waals surface area contributed by atoms with Crippen LogP contribution in [0.15, 0.2) is 24.1 Å². The van der Waals surface area contributed by atoms with Gasteiger partial charge in [0.1, 0.15) is 0 Å². The number of hydrogen-bond acceptors (Lipinski definition) is 1. The van der Waals surface area contributed by atoms with Crippen molar-refractivity contribution in [2.45, 2.75) is 0 Å². The standard InChI is InChI=1S/C5H9NS/c1-4-5(2)7(3)6/h4,6H,1-2H2,3H3. The lowest BCUT2D eigenvalue weighted by molar-refractivity contribution is 1.63. The second kappa shape index (κ2) is 2.75. The average molecular weight is 115 g/mol. The molecule has 0 aromatic rings. The minimum absolute atomic E-state index is 0.423. The first-order chi connectivity index (χ1) is 3.18. The van der Waals surface area contributed by atoms with Crippen molar-refractivity contribution < 1.29 is 0 Å². The van der Waals surface area contributed by atoms with Crippen molar-refractivity contribution in [3.05, 3.63) is 24.1 Å². The molecule has 7 heavy (non-hydrogen) atoms. The van der Waals surface area contributed by atoms with E-state index < -0.39 is 10.7 Å². The van der Waals surface area contributed by atoms with Crippen molar-refractivity contribution in [2.75, 3.05) is 6.26 Å². The predicted octanol–water partition coefficient (Wildman–Crippen LogP) is 1.70. The number of allylic oxidation sites excluding steroid dienone is 1. The maximum atomic E-state index is 7.04. The van der Waals surface area contributed by atoms with Gasteiger partial charge >= 0.3 is 0 Å². The zero-order valence-electron chi connectivity index (χ0n) is 4.40. The molecule has 0 aromatic carbocycles. The van der Waals surface area contributed by atoms with Gasteiger partial charge < -0.3 is 0 Å². The summed E-state index contributed by atoms with van der Waals surface area (Å²) in [5, 5.41) is 0. The van der Waals surface area contributed by atoms with Gasteiger partial charge in [0.25, 0.3) is 0 Å². The fraction of sp³-hybridized carbons (Fsp3) is 0.200. The summed E-state index contributed by atoms with van der Waals surface area (Å²) in [6, 6.07) is 0. The maximum absolute atomic E-state index is 7.04. The van der Waals surface area contributed by atoms with E-state index in [1.165, 1.54) is 0 Å². The SMILES string of the molecule is C=CC(=C)S(C)=N. The summed E-state index contributed by atoms with van der Waals surface area (Å²) in [5.41, 5.74) is 0. The monoisotopic (exact) mass is 115 g/mol. The predicted molar refractivity (Wildman–Crippen MR) is 35.3 cm³/mol. The molecule has 1 unspecified atom stereocenters. The van der Waals surface area contributed by atoms with Crippen LogP contribution in [0, 0.1) is 4.78 Å². The normalized spacial score (nSPS) is 12.7. The van der Waals surface area contributed by atoms with E-state index in [2.05, 4.69) is 13.2 Å². The van der Waals surface area contributed by atoms with Crippen molar-refractivity contribution in [1.82, 2.24) is 0 Å². The van der Waals surface area contributed by atoms with Gasteiger partial charge in [-0.3, -0.25) is 4.78 Å². The summed E-state index contributed by atoms with van der Waals surface area (Å²) in [7, 11) is -0.423. The van der Waals surface area contributed by atoms with Gasteiger partial charge in [0.05, 0.1) is 0 Å². The maximum Gasteiger partial charge on any atom is 0.0101 e. The molecule has 0 saturated heterocycles. The topological polar surface area (TPSA) is 23.9 Å². The highest BCUT2D eigenvalue weighted by Gasteiger charge is 1.81. The highest BCUT2D eigenvalue weighted by atomic mass is 32.2. The zero-order valence-corrected chi connectivity index (χ0v) is 5.22. The van der Waals surface area contributed by atoms with Crippen molar-refractivity contribution in [1.29, 1.82) is 4.78 Å². The molecule has 0 fully saturated rings. The molecule has 0 radical (unpaired) electrons. The van der Waals surface area contributed by atoms with Crippen LogP contribution in [0.3, 0.4) is 0 Å². The molecule has 0 amide bonds. The lowest BCUT2D eigenvalue weighted by Gasteiger charge is -1.90. The Labute approximate surface area is 46.6 Å². The van der Waals surface area contributed by atoms with E-state index >= 15 is 0 Å². The van der Waals surface area contributed by atoms with Crippen molar-refractivity contribution in [2.24, 2.45) is 0 Å². The van der Waals surface area contributed by atoms with Gasteiger partial charge in [0, 0.05) is 4.91 Å². The Morgan fingerprint density at radius 2 is 2.29 bits per heavy atom. The van der Waals surface area contributed by atoms with E-state index in [0.717, 1.165) is 4.91 Å². The minimum Gasteiger partial charge on any atom is -0.276 e. The van der Waals surface area contributed by atoms with E-state index in [0.29, 0.717) is 0 Å². The summed E-state index contributed by atoms with van der Waals surface area (Å²) < 4.78 is 7.04. The van der Waals surface area contributed by atoms with Crippen LogP contribution in [0.25, 0.3) is 0 Å². The van der Waals surface area contributed by atoms with Gasteiger partial charge in [-0.05, 0) is 6.26 Å². The molecule has 0 aliphatic rings. The number of rotatable bonds is 2. The van der Waals surface area contributed by atoms with Crippen LogP contribution >= 0.6 is 0 Å². The summed E-state index contributed by atoms with van der Waals surface area (Å²) in [4.78, 5) is 0.806. The molecule has 0 saturated carbocycles. The molecule has 0 aliphatic carbocycles. The Morgan fingerprint density at radius 3 is 2.29 bits per heavy atom. The number of hydrogen-bond donors (Lipinski definition) is 1. The smallest absolute Gasteiger partial charge is 0.0101 e. The molecule has 0 aliphatic heterocycles. The summed E-state index contributed by atoms with van der Waals surface area (Å²) in [6.45, 7) is 7.05. The third-order valence-electron chi connectivity index (χ3n) is 0.621. The summed E-state index contributed by atoms with van der Waals surface area (Å²) in [5.74, 6) is 0. The second-order valence-electron chi connectivity index (χ2n) is 1.18. The van der Waals surface area contributed by atoms with Crippen LogP contribution in [0.2, 0.25) is 0 Å². The second-order valence-corrected chi connectivity index (χ2v) is 2.73. The van der Waals surface area contributed by atoms with E-state index in [9.17, 15) is 0 Å². The van der Waals surface area contributed by atoms with Crippen LogP contribution < -0.4 is 0 Å². The quantitative estimate of drug-likeness (QED) is 0.530. The molecule has 0 rings (SSSR count). The molecule has 40 valence electrons. The molecule has 1 atom stereocenters. The summed E-state index contributed by atoms with van der Waals surface area (Å²) in [6.07, 6.45) is 3.42. The Hall–Kier alpha value is -0.370. The zero-order chi connectivity index (χ0) is 5.86. The molecule has 0 spiro atoms. The summed E-state index contributed by atoms with van der Waals surface area (Å²) >= 11 is 0. The Morgan fingerprint density at radius 1 is 1.86 bits per heavy atom. The molecule has 0 aromatic heterocycles. The van der Waals surface area contributed by atoms with Crippen LogP contribution in [0.4, 0.5) is 0 Å². The lowest BCUT2D eigenvalue weighted by Crippen LogP contribution is -1.80. The molecule has 1 nitrogen and oxygen atoms in total. The first-order valence-electron chi connectivity index (χ1n) is 1.87. The van der Waals surface area contributed by atoms with Gasteiger partial charge in [0.2, 0.25) is 0 Å². The third kappa shape index (κ3) is 2.34. The van der Waals surface area contributed by atoms with Gasteiger partial charge in [-0.25, -0.2) is 0 Å². The van der Waals surface area contributed by atoms with Gasteiger partial charge in [-0.1, -0.05) is 29.9 Å². The molecule has 0 bridgehead atoms. The molecule has 1 N–H and O–H groups in total. The van der Waals surface area contributed by atoms with Gasteiger partial charge in [-0.2, -0.15) is 0 Å². The highest BCUT2D eigenvalue weighted by molar-refractivity contribution is 7.89. The lowest BCUT2D eigenvalue weighted by atomic mass is 10.6. The first-order valence-corrected chi connectivity index (χ1v) is 3.50. The molecular weight excluding hydrogens is 106 g/mol. The largest absolute Gasteiger partial charge is 0.276 e. The van der Waals surface area contributed by atoms with Crippen LogP contribution in [0.1, 0.15) is 0 Å². The molecular formula is C5H9NS. The minimum atomic E-state index is -0.423. The van der Waals surface area contributed by atoms with Crippen LogP contribution in [-0.4, -0.2) is 6.26 Å². The van der Waals surface area contributed by atoms with Crippen molar-refractivity contribution in [3.63, 3.8) is 0 Å². The Balaban J connectivity index is 3.81. The highest BCUT2D eigenvalue weighted by Crippen LogP contribution is 1.94. The van der Waals surface area contributed by atoms with E-state index in [1.54, 1.807) is 12.3 Å². The van der Waals surface area contributed by atoms with Crippen molar-refractivity contribution in [3.8, 4) is 0 Å². The van der Waals surface area contributed by atoms with E-state index in [1.807, 2.05) is 0 Å². The van der Waals surface area contributed by atoms with E-state index in [4.69, 9.17) is 4.78 Å². The number of nitrogens with one attached hydrogen (secondary N) is 1. The fourth-order valence-electron chi connectivity index (χ4n) is 0.125.